The van der Waals surface area contributed by atoms with Crippen LogP contribution in [0.15, 0.2) is 23.2 Å². The molecule has 0 saturated heterocycles. The molecule has 0 aromatic carbocycles. The number of aromatic nitrogens is 2. The first-order valence-corrected chi connectivity index (χ1v) is 4.82. The summed E-state index contributed by atoms with van der Waals surface area (Å²) in [6.45, 7) is 1.94. The standard InChI is InChI=1S/C9H9N3S/c1-6-2-7(3-11-9(6)10)8-4-13-5-12-8/h2-5H,1H3,(H2,10,11). The van der Waals surface area contributed by atoms with E-state index in [0.29, 0.717) is 5.82 Å². The van der Waals surface area contributed by atoms with Gasteiger partial charge in [0.15, 0.2) is 0 Å². The highest BCUT2D eigenvalue weighted by molar-refractivity contribution is 7.07. The molecule has 2 N–H and O–H groups in total. The lowest BCUT2D eigenvalue weighted by Crippen LogP contribution is -1.93. The first-order chi connectivity index (χ1) is 6.27. The number of rotatable bonds is 1. The summed E-state index contributed by atoms with van der Waals surface area (Å²) < 4.78 is 0. The Kier molecular flexibility index (Phi) is 1.98. The number of nitrogens with zero attached hydrogens (tertiary/aromatic N) is 2. The summed E-state index contributed by atoms with van der Waals surface area (Å²) in [5, 5.41) is 1.99. The topological polar surface area (TPSA) is 51.8 Å². The Balaban J connectivity index is 2.49. The Morgan fingerprint density at radius 3 is 2.85 bits per heavy atom. The summed E-state index contributed by atoms with van der Waals surface area (Å²) in [4.78, 5) is 8.27. The molecule has 0 saturated carbocycles. The van der Waals surface area contributed by atoms with Gasteiger partial charge >= 0.3 is 0 Å². The molecule has 0 amide bonds. The number of hydrogen-bond acceptors (Lipinski definition) is 4. The van der Waals surface area contributed by atoms with Gasteiger partial charge in [0.05, 0.1) is 11.2 Å². The molecule has 0 fully saturated rings. The minimum Gasteiger partial charge on any atom is -0.383 e. The van der Waals surface area contributed by atoms with Crippen molar-refractivity contribution in [3.63, 3.8) is 0 Å². The third-order valence-corrected chi connectivity index (χ3v) is 2.43. The maximum Gasteiger partial charge on any atom is 0.126 e. The van der Waals surface area contributed by atoms with E-state index in [-0.39, 0.29) is 0 Å². The van der Waals surface area contributed by atoms with Crippen molar-refractivity contribution in [1.82, 2.24) is 9.97 Å². The number of anilines is 1. The van der Waals surface area contributed by atoms with Crippen molar-refractivity contribution in [2.45, 2.75) is 6.92 Å². The average Bonchev–Trinajstić information content (AvgIpc) is 2.62. The summed E-state index contributed by atoms with van der Waals surface area (Å²) in [5.74, 6) is 0.582. The van der Waals surface area contributed by atoms with Crippen molar-refractivity contribution in [2.75, 3.05) is 5.73 Å². The van der Waals surface area contributed by atoms with Crippen molar-refractivity contribution in [2.24, 2.45) is 0 Å². The Hall–Kier alpha value is -1.42. The molecule has 2 aromatic heterocycles. The van der Waals surface area contributed by atoms with Gasteiger partial charge in [-0.3, -0.25) is 0 Å². The van der Waals surface area contributed by atoms with Crippen LogP contribution in [0.2, 0.25) is 0 Å². The van der Waals surface area contributed by atoms with Gasteiger partial charge in [-0.05, 0) is 18.6 Å². The lowest BCUT2D eigenvalue weighted by atomic mass is 10.2. The molecular formula is C9H9N3S. The molecule has 4 heteroatoms. The zero-order valence-corrected chi connectivity index (χ0v) is 8.01. The zero-order chi connectivity index (χ0) is 9.26. The monoisotopic (exact) mass is 191 g/mol. The summed E-state index contributed by atoms with van der Waals surface area (Å²) in [6.07, 6.45) is 1.75. The molecule has 13 heavy (non-hydrogen) atoms. The van der Waals surface area contributed by atoms with Gasteiger partial charge in [-0.2, -0.15) is 0 Å². The van der Waals surface area contributed by atoms with Crippen LogP contribution in [-0.2, 0) is 0 Å². The number of thiazole rings is 1. The molecule has 0 aliphatic heterocycles. The molecule has 0 spiro atoms. The smallest absolute Gasteiger partial charge is 0.126 e. The van der Waals surface area contributed by atoms with Gasteiger partial charge in [0.2, 0.25) is 0 Å². The second-order valence-corrected chi connectivity index (χ2v) is 3.52. The van der Waals surface area contributed by atoms with Gasteiger partial charge in [-0.15, -0.1) is 11.3 Å². The van der Waals surface area contributed by atoms with Crippen LogP contribution in [0, 0.1) is 6.92 Å². The molecule has 0 aliphatic carbocycles. The Morgan fingerprint density at radius 1 is 1.38 bits per heavy atom. The molecule has 2 aromatic rings. The van der Waals surface area contributed by atoms with E-state index in [2.05, 4.69) is 9.97 Å². The van der Waals surface area contributed by atoms with Crippen LogP contribution in [0.5, 0.6) is 0 Å². The fraction of sp³-hybridized carbons (Fsp3) is 0.111. The van der Waals surface area contributed by atoms with Gasteiger partial charge in [0.1, 0.15) is 5.82 Å². The fourth-order valence-corrected chi connectivity index (χ4v) is 1.64. The average molecular weight is 191 g/mol. The SMILES string of the molecule is Cc1cc(-c2cscn2)cnc1N. The van der Waals surface area contributed by atoms with Gasteiger partial charge < -0.3 is 5.73 Å². The van der Waals surface area contributed by atoms with E-state index in [9.17, 15) is 0 Å². The van der Waals surface area contributed by atoms with Gasteiger partial charge in [0, 0.05) is 17.1 Å². The quantitative estimate of drug-likeness (QED) is 0.751. The minimum absolute atomic E-state index is 0.582. The van der Waals surface area contributed by atoms with Crippen LogP contribution in [-0.4, -0.2) is 9.97 Å². The maximum atomic E-state index is 5.61. The van der Waals surface area contributed by atoms with E-state index in [1.165, 1.54) is 0 Å². The third-order valence-electron chi connectivity index (χ3n) is 1.85. The van der Waals surface area contributed by atoms with E-state index < -0.39 is 0 Å². The molecular weight excluding hydrogens is 182 g/mol. The molecule has 0 unspecified atom stereocenters. The van der Waals surface area contributed by atoms with Crippen molar-refractivity contribution < 1.29 is 0 Å². The highest BCUT2D eigenvalue weighted by Crippen LogP contribution is 2.20. The molecule has 0 radical (unpaired) electrons. The van der Waals surface area contributed by atoms with Crippen molar-refractivity contribution >= 4 is 17.2 Å². The van der Waals surface area contributed by atoms with Crippen LogP contribution < -0.4 is 5.73 Å². The molecule has 2 rings (SSSR count). The van der Waals surface area contributed by atoms with Gasteiger partial charge in [-0.1, -0.05) is 0 Å². The second kappa shape index (κ2) is 3.14. The van der Waals surface area contributed by atoms with E-state index in [1.54, 1.807) is 23.0 Å². The third kappa shape index (κ3) is 1.53. The largest absolute Gasteiger partial charge is 0.383 e. The Morgan fingerprint density at radius 2 is 2.23 bits per heavy atom. The molecule has 0 bridgehead atoms. The van der Waals surface area contributed by atoms with Crippen molar-refractivity contribution in [3.05, 3.63) is 28.7 Å². The zero-order valence-electron chi connectivity index (χ0n) is 7.19. The van der Waals surface area contributed by atoms with Crippen LogP contribution in [0.3, 0.4) is 0 Å². The predicted molar refractivity (Wildman–Crippen MR) is 54.5 cm³/mol. The minimum atomic E-state index is 0.582. The fourth-order valence-electron chi connectivity index (χ4n) is 1.08. The summed E-state index contributed by atoms with van der Waals surface area (Å²) >= 11 is 1.57. The van der Waals surface area contributed by atoms with Crippen LogP contribution in [0.4, 0.5) is 5.82 Å². The van der Waals surface area contributed by atoms with E-state index >= 15 is 0 Å². The highest BCUT2D eigenvalue weighted by Gasteiger charge is 2.01. The summed E-state index contributed by atoms with van der Waals surface area (Å²) in [6, 6.07) is 2.00. The van der Waals surface area contributed by atoms with Crippen LogP contribution >= 0.6 is 11.3 Å². The first kappa shape index (κ1) is 8.19. The normalized spacial score (nSPS) is 10.2. The number of hydrogen-bond donors (Lipinski definition) is 1. The summed E-state index contributed by atoms with van der Waals surface area (Å²) in [7, 11) is 0. The van der Waals surface area contributed by atoms with E-state index in [4.69, 9.17) is 5.73 Å². The van der Waals surface area contributed by atoms with Crippen LogP contribution in [0.25, 0.3) is 11.3 Å². The number of nitrogen functional groups attached to an aromatic ring is 1. The lowest BCUT2D eigenvalue weighted by molar-refractivity contribution is 1.27. The highest BCUT2D eigenvalue weighted by atomic mass is 32.1. The van der Waals surface area contributed by atoms with E-state index in [0.717, 1.165) is 16.8 Å². The maximum absolute atomic E-state index is 5.61. The van der Waals surface area contributed by atoms with Gasteiger partial charge in [-0.25, -0.2) is 9.97 Å². The molecule has 2 heterocycles. The van der Waals surface area contributed by atoms with E-state index in [1.807, 2.05) is 18.4 Å². The Labute approximate surface area is 80.3 Å². The Bertz CT molecular complexity index is 409. The van der Waals surface area contributed by atoms with Crippen molar-refractivity contribution in [1.29, 1.82) is 0 Å². The number of aryl methyl sites for hydroxylation is 1. The van der Waals surface area contributed by atoms with Crippen molar-refractivity contribution in [3.8, 4) is 11.3 Å². The number of nitrogens with two attached hydrogens (primary N) is 1. The van der Waals surface area contributed by atoms with Gasteiger partial charge in [0.25, 0.3) is 0 Å². The molecule has 0 atom stereocenters. The summed E-state index contributed by atoms with van der Waals surface area (Å²) in [5.41, 5.74) is 10.4. The molecule has 3 nitrogen and oxygen atoms in total. The number of pyridine rings is 1. The predicted octanol–water partition coefficient (Wildman–Crippen LogP) is 2.10. The molecule has 0 aliphatic rings. The first-order valence-electron chi connectivity index (χ1n) is 3.88. The molecule has 66 valence electrons. The second-order valence-electron chi connectivity index (χ2n) is 2.80. The lowest BCUT2D eigenvalue weighted by Gasteiger charge is -2.00. The van der Waals surface area contributed by atoms with Crippen LogP contribution in [0.1, 0.15) is 5.56 Å².